The highest BCUT2D eigenvalue weighted by molar-refractivity contribution is 6.18. The third-order valence-corrected chi connectivity index (χ3v) is 10.6. The van der Waals surface area contributed by atoms with Crippen molar-refractivity contribution >= 4 is 38.4 Å². The highest BCUT2D eigenvalue weighted by Gasteiger charge is 2.46. The molecule has 3 aliphatic rings. The fourth-order valence-corrected chi connectivity index (χ4v) is 7.98. The Hall–Kier alpha value is -4.64. The van der Waals surface area contributed by atoms with Gasteiger partial charge in [-0.15, -0.1) is 0 Å². The van der Waals surface area contributed by atoms with E-state index in [1.807, 2.05) is 11.8 Å². The molecular formula is C38H41F2N7O4. The summed E-state index contributed by atoms with van der Waals surface area (Å²) in [6.07, 6.45) is 4.90. The van der Waals surface area contributed by atoms with Crippen LogP contribution in [0.5, 0.6) is 11.8 Å². The van der Waals surface area contributed by atoms with Gasteiger partial charge in [-0.25, -0.2) is 8.78 Å². The van der Waals surface area contributed by atoms with E-state index in [1.54, 1.807) is 37.0 Å². The number of aliphatic hydroxyl groups is 1. The zero-order chi connectivity index (χ0) is 35.7. The number of hydrogen-bond acceptors (Lipinski definition) is 10. The summed E-state index contributed by atoms with van der Waals surface area (Å²) in [5.74, 6) is -0.800. The van der Waals surface area contributed by atoms with Crippen molar-refractivity contribution in [2.75, 3.05) is 57.4 Å². The number of nitrogens with zero attached hydrogens (tertiary/aromatic N) is 7. The number of hydrogen-bond donors (Lipinski definition) is 2. The average molecular weight is 698 g/mol. The van der Waals surface area contributed by atoms with Crippen molar-refractivity contribution in [1.29, 1.82) is 5.26 Å². The van der Waals surface area contributed by atoms with Crippen LogP contribution < -0.4 is 9.64 Å². The van der Waals surface area contributed by atoms with E-state index in [9.17, 15) is 15.5 Å². The number of aromatic nitrogens is 4. The predicted molar refractivity (Wildman–Crippen MR) is 189 cm³/mol. The molecule has 2 aliphatic heterocycles. The minimum Gasteiger partial charge on any atom is -0.508 e. The number of benzene rings is 3. The van der Waals surface area contributed by atoms with Crippen LogP contribution in [0.25, 0.3) is 43.7 Å². The lowest BCUT2D eigenvalue weighted by Crippen LogP contribution is -2.42. The van der Waals surface area contributed by atoms with Crippen molar-refractivity contribution in [2.45, 2.75) is 45.1 Å². The molecule has 1 saturated carbocycles. The molecule has 8 rings (SSSR count). The third kappa shape index (κ3) is 6.09. The van der Waals surface area contributed by atoms with Crippen molar-refractivity contribution in [3.05, 3.63) is 47.7 Å². The molecule has 13 heteroatoms. The molecule has 0 spiro atoms. The topological polar surface area (TPSA) is 133 Å². The van der Waals surface area contributed by atoms with E-state index in [2.05, 4.69) is 11.0 Å². The summed E-state index contributed by atoms with van der Waals surface area (Å²) in [6, 6.07) is 8.32. The molecule has 2 N–H and O–H groups in total. The Labute approximate surface area is 294 Å². The minimum atomic E-state index is -1.21. The zero-order valence-electron chi connectivity index (χ0n) is 29.0. The van der Waals surface area contributed by atoms with Gasteiger partial charge in [-0.1, -0.05) is 13.0 Å². The summed E-state index contributed by atoms with van der Waals surface area (Å²) in [6.45, 7) is 7.25. The van der Waals surface area contributed by atoms with E-state index < -0.39 is 17.2 Å². The SMILES string of the molecule is CCc1c(F)ccc2cc(O)cc(-c3c(F)c4nc(OCC5(CN6CCC(C#N)C6)CC5)nc(N5CCOCC(C)(O)C5)c4c4cn(C)nc34)c12. The van der Waals surface area contributed by atoms with Crippen LogP contribution in [-0.4, -0.2) is 93.0 Å². The lowest BCUT2D eigenvalue weighted by Gasteiger charge is -2.29. The monoisotopic (exact) mass is 697 g/mol. The van der Waals surface area contributed by atoms with Gasteiger partial charge in [-0.3, -0.25) is 4.68 Å². The largest absolute Gasteiger partial charge is 0.508 e. The summed E-state index contributed by atoms with van der Waals surface area (Å²) < 4.78 is 46.5. The molecule has 3 fully saturated rings. The van der Waals surface area contributed by atoms with Crippen LogP contribution >= 0.6 is 0 Å². The number of β-amino-alcohol motifs (C(OH)–C–C–N with tert-alkyl or cyclic N) is 1. The van der Waals surface area contributed by atoms with E-state index in [4.69, 9.17) is 24.5 Å². The molecule has 2 atom stereocenters. The number of halogens is 2. The number of likely N-dealkylation sites (tertiary alicyclic amines) is 1. The van der Waals surface area contributed by atoms with E-state index in [1.165, 1.54) is 12.1 Å². The number of anilines is 1. The summed E-state index contributed by atoms with van der Waals surface area (Å²) >= 11 is 0. The van der Waals surface area contributed by atoms with Gasteiger partial charge in [0.1, 0.15) is 34.0 Å². The number of nitriles is 1. The molecule has 1 aliphatic carbocycles. The number of aromatic hydroxyl groups is 1. The normalized spacial score (nSPS) is 22.1. The lowest BCUT2D eigenvalue weighted by molar-refractivity contribution is -0.0123. The molecule has 0 amide bonds. The first kappa shape index (κ1) is 33.5. The molecule has 5 aromatic rings. The Bertz CT molecular complexity index is 2230. The van der Waals surface area contributed by atoms with Crippen LogP contribution in [0.1, 0.15) is 38.7 Å². The number of phenols is 1. The molecule has 2 unspecified atom stereocenters. The van der Waals surface area contributed by atoms with Gasteiger partial charge in [0.05, 0.1) is 43.7 Å². The van der Waals surface area contributed by atoms with Gasteiger partial charge in [0.25, 0.3) is 0 Å². The van der Waals surface area contributed by atoms with Crippen LogP contribution in [0.15, 0.2) is 30.5 Å². The second-order valence-corrected chi connectivity index (χ2v) is 14.9. The Morgan fingerprint density at radius 3 is 2.71 bits per heavy atom. The summed E-state index contributed by atoms with van der Waals surface area (Å²) in [7, 11) is 1.74. The third-order valence-electron chi connectivity index (χ3n) is 10.6. The zero-order valence-corrected chi connectivity index (χ0v) is 29.0. The van der Waals surface area contributed by atoms with Crippen molar-refractivity contribution in [3.8, 4) is 29.0 Å². The molecule has 2 saturated heterocycles. The first-order chi connectivity index (χ1) is 24.5. The fourth-order valence-electron chi connectivity index (χ4n) is 7.98. The Morgan fingerprint density at radius 1 is 1.14 bits per heavy atom. The summed E-state index contributed by atoms with van der Waals surface area (Å²) in [5.41, 5.74) is -0.243. The van der Waals surface area contributed by atoms with E-state index in [0.29, 0.717) is 70.2 Å². The number of ether oxygens (including phenoxy) is 2. The lowest BCUT2D eigenvalue weighted by atomic mass is 9.90. The minimum absolute atomic E-state index is 0.000875. The summed E-state index contributed by atoms with van der Waals surface area (Å²) in [5, 5.41) is 38.1. The molecule has 266 valence electrons. The van der Waals surface area contributed by atoms with Crippen molar-refractivity contribution in [3.63, 3.8) is 0 Å². The second-order valence-electron chi connectivity index (χ2n) is 14.9. The van der Waals surface area contributed by atoms with Gasteiger partial charge < -0.3 is 29.5 Å². The van der Waals surface area contributed by atoms with Crippen LogP contribution in [0, 0.1) is 34.3 Å². The van der Waals surface area contributed by atoms with E-state index >= 15 is 8.78 Å². The standard InChI is InChI=1S/C38H41F2N7O4/c1-4-25-28(39)6-5-23-13-24(48)14-26(29(23)25)30-32(40)34-31(27-17-45(3)44-33(27)30)35(47-11-12-50-20-37(2,49)18-47)43-36(42-34)51-21-38(8-9-38)19-46-10-7-22(15-41)16-46/h5-6,13-14,17,22,48-49H,4,7-12,16,18-21H2,1-3H3. The second kappa shape index (κ2) is 12.5. The van der Waals surface area contributed by atoms with Gasteiger partial charge in [0.15, 0.2) is 5.82 Å². The first-order valence-electron chi connectivity index (χ1n) is 17.6. The molecular weight excluding hydrogens is 656 g/mol. The van der Waals surface area contributed by atoms with E-state index in [0.717, 1.165) is 38.9 Å². The van der Waals surface area contributed by atoms with Crippen LogP contribution in [0.2, 0.25) is 0 Å². The Kier molecular flexibility index (Phi) is 8.24. The fraction of sp³-hybridized carbons (Fsp3) is 0.474. The quantitative estimate of drug-likeness (QED) is 0.215. The average Bonchev–Trinajstić information content (AvgIpc) is 3.60. The van der Waals surface area contributed by atoms with Crippen LogP contribution in [0.3, 0.4) is 0 Å². The molecule has 51 heavy (non-hydrogen) atoms. The highest BCUT2D eigenvalue weighted by atomic mass is 19.1. The molecule has 0 bridgehead atoms. The smallest absolute Gasteiger partial charge is 0.319 e. The van der Waals surface area contributed by atoms with Gasteiger partial charge in [-0.2, -0.15) is 20.3 Å². The van der Waals surface area contributed by atoms with Gasteiger partial charge in [0, 0.05) is 49.2 Å². The summed E-state index contributed by atoms with van der Waals surface area (Å²) in [4.78, 5) is 13.8. The predicted octanol–water partition coefficient (Wildman–Crippen LogP) is 5.47. The maximum absolute atomic E-state index is 17.6. The number of fused-ring (bicyclic) bond motifs is 4. The maximum Gasteiger partial charge on any atom is 0.319 e. The molecule has 11 nitrogen and oxygen atoms in total. The first-order valence-corrected chi connectivity index (χ1v) is 17.6. The molecule has 0 radical (unpaired) electrons. The maximum atomic E-state index is 17.6. The Morgan fingerprint density at radius 2 is 1.96 bits per heavy atom. The Balaban J connectivity index is 1.32. The molecule has 3 aromatic carbocycles. The van der Waals surface area contributed by atoms with Gasteiger partial charge in [-0.05, 0) is 79.3 Å². The molecule has 4 heterocycles. The number of aryl methyl sites for hydroxylation is 2. The number of rotatable bonds is 8. The molecule has 2 aromatic heterocycles. The van der Waals surface area contributed by atoms with Crippen LogP contribution in [0.4, 0.5) is 14.6 Å². The van der Waals surface area contributed by atoms with Crippen LogP contribution in [-0.2, 0) is 18.2 Å². The highest BCUT2D eigenvalue weighted by Crippen LogP contribution is 2.48. The van der Waals surface area contributed by atoms with E-state index in [-0.39, 0.29) is 47.3 Å². The van der Waals surface area contributed by atoms with Gasteiger partial charge in [0.2, 0.25) is 0 Å². The van der Waals surface area contributed by atoms with Crippen molar-refractivity contribution in [1.82, 2.24) is 24.6 Å². The van der Waals surface area contributed by atoms with Crippen molar-refractivity contribution < 1.29 is 28.5 Å². The van der Waals surface area contributed by atoms with Crippen molar-refractivity contribution in [2.24, 2.45) is 18.4 Å². The number of phenolic OH excluding ortho intramolecular Hbond substituents is 1. The van der Waals surface area contributed by atoms with Gasteiger partial charge >= 0.3 is 6.01 Å².